The summed E-state index contributed by atoms with van der Waals surface area (Å²) in [6, 6.07) is 0. The van der Waals surface area contributed by atoms with Crippen LogP contribution in [-0.4, -0.2) is 28.1 Å². The minimum absolute atomic E-state index is 0.0699. The third kappa shape index (κ3) is 3.27. The molecule has 4 heteroatoms. The van der Waals surface area contributed by atoms with Crippen LogP contribution in [0.1, 0.15) is 100 Å². The number of hydrogen-bond acceptors (Lipinski definition) is 3. The molecule has 4 rings (SSSR count). The van der Waals surface area contributed by atoms with Crippen molar-refractivity contribution in [3.8, 4) is 0 Å². The highest BCUT2D eigenvalue weighted by Gasteiger charge is 2.65. The summed E-state index contributed by atoms with van der Waals surface area (Å²) >= 11 is 0. The summed E-state index contributed by atoms with van der Waals surface area (Å²) in [4.78, 5) is 25.6. The first-order chi connectivity index (χ1) is 16.4. The lowest BCUT2D eigenvalue weighted by Gasteiger charge is -2.62. The van der Waals surface area contributed by atoms with Gasteiger partial charge in [-0.25, -0.2) is 0 Å². The number of Topliss-reactive ketones (excluding diaryl/α,β-unsaturated/α-hetero) is 1. The fourth-order valence-electron chi connectivity index (χ4n) is 8.48. The summed E-state index contributed by atoms with van der Waals surface area (Å²) in [5.41, 5.74) is -0.841. The molecule has 4 nitrogen and oxygen atoms in total. The van der Waals surface area contributed by atoms with E-state index < -0.39 is 54.2 Å². The number of carbonyl (C=O) groups excluding carboxylic acids is 1. The van der Waals surface area contributed by atoms with Crippen molar-refractivity contribution in [2.75, 3.05) is 0 Å². The number of carbonyl (C=O) groups is 2. The van der Waals surface area contributed by atoms with Crippen LogP contribution >= 0.6 is 0 Å². The van der Waals surface area contributed by atoms with Crippen molar-refractivity contribution in [2.45, 2.75) is 97.9 Å². The molecule has 0 aromatic rings. The molecule has 0 aliphatic heterocycles. The van der Waals surface area contributed by atoms with E-state index in [1.54, 1.807) is 0 Å². The van der Waals surface area contributed by atoms with Gasteiger partial charge in [0, 0.05) is 26.5 Å². The predicted molar refractivity (Wildman–Crippen MR) is 117 cm³/mol. The van der Waals surface area contributed by atoms with Gasteiger partial charge < -0.3 is 10.2 Å². The quantitative estimate of drug-likeness (QED) is 0.626. The molecule has 170 valence electrons. The lowest BCUT2D eigenvalue weighted by atomic mass is 9.42. The average Bonchev–Trinajstić information content (AvgIpc) is 3.13. The first-order valence-corrected chi connectivity index (χ1v) is 11.9. The van der Waals surface area contributed by atoms with Crippen LogP contribution in [0.5, 0.6) is 0 Å². The van der Waals surface area contributed by atoms with Crippen molar-refractivity contribution in [2.24, 2.45) is 52.2 Å². The maximum absolute atomic E-state index is 14.4. The van der Waals surface area contributed by atoms with Gasteiger partial charge in [0.05, 0.1) is 6.10 Å². The second-order valence-electron chi connectivity index (χ2n) is 11.3. The third-order valence-corrected chi connectivity index (χ3v) is 10.1. The van der Waals surface area contributed by atoms with Gasteiger partial charge in [-0.2, -0.15) is 0 Å². The SMILES string of the molecule is [2H]C([2H])([2H])C([2H])([2H])[C@]1([2H])C(=O)[C@@H]2C(CC[C@]3(C)[C@@H]([C@H](C)CCC(=O)O)CC[C@@H]23)[C@@]2(C)CC[C@@H](O)C[C@H]21. The number of hydrogen-bond donors (Lipinski definition) is 2. The molecule has 0 aromatic carbocycles. The van der Waals surface area contributed by atoms with E-state index in [0.29, 0.717) is 19.3 Å². The standard InChI is InChI=1S/C26H42O4/c1-5-17-21-14-16(27)10-12-26(21,4)20-11-13-25(3)18(15(2)6-9-22(28)29)7-8-19(25)23(20)24(17)30/h15-21,23,27H,5-14H2,1-4H3,(H,28,29)/t15-,16-,17+,18-,19+,20?,21+,23+,25-,26-/m1/s1/i1D3,5D2,17D. The highest BCUT2D eigenvalue weighted by molar-refractivity contribution is 5.86. The molecule has 4 saturated carbocycles. The molecule has 0 heterocycles. The Morgan fingerprint density at radius 1 is 1.20 bits per heavy atom. The van der Waals surface area contributed by atoms with E-state index in [4.69, 9.17) is 6.85 Å². The Balaban J connectivity index is 1.78. The second kappa shape index (κ2) is 7.90. The molecule has 4 aliphatic rings. The van der Waals surface area contributed by atoms with Crippen molar-refractivity contribution in [3.63, 3.8) is 0 Å². The van der Waals surface area contributed by atoms with E-state index in [-0.39, 0.29) is 41.9 Å². The molecule has 0 amide bonds. The minimum Gasteiger partial charge on any atom is -0.481 e. The van der Waals surface area contributed by atoms with Crippen molar-refractivity contribution >= 4 is 11.8 Å². The first-order valence-electron chi connectivity index (χ1n) is 14.9. The lowest BCUT2D eigenvalue weighted by molar-refractivity contribution is -0.173. The normalized spacial score (nSPS) is 55.4. The summed E-state index contributed by atoms with van der Waals surface area (Å²) in [6.45, 7) is 3.12. The van der Waals surface area contributed by atoms with Gasteiger partial charge in [0.15, 0.2) is 0 Å². The second-order valence-corrected chi connectivity index (χ2v) is 11.3. The number of aliphatic hydroxyl groups is 1. The molecule has 0 aromatic heterocycles. The Morgan fingerprint density at radius 3 is 2.60 bits per heavy atom. The topological polar surface area (TPSA) is 74.6 Å². The molecule has 2 N–H and O–H groups in total. The fraction of sp³-hybridized carbons (Fsp3) is 0.923. The van der Waals surface area contributed by atoms with Crippen molar-refractivity contribution < 1.29 is 28.0 Å². The molecule has 4 aliphatic carbocycles. The molecule has 0 spiro atoms. The molecule has 0 saturated heterocycles. The van der Waals surface area contributed by atoms with Crippen LogP contribution in [-0.2, 0) is 9.59 Å². The number of carboxylic acid groups (broad SMARTS) is 1. The minimum atomic E-state index is -3.15. The molecule has 0 bridgehead atoms. The van der Waals surface area contributed by atoms with Gasteiger partial charge in [-0.15, -0.1) is 0 Å². The third-order valence-electron chi connectivity index (χ3n) is 10.1. The summed E-state index contributed by atoms with van der Waals surface area (Å²) < 4.78 is 50.7. The van der Waals surface area contributed by atoms with E-state index in [1.165, 1.54) is 0 Å². The van der Waals surface area contributed by atoms with E-state index >= 15 is 0 Å². The number of carboxylic acids is 1. The van der Waals surface area contributed by atoms with Crippen LogP contribution in [0.25, 0.3) is 0 Å². The van der Waals surface area contributed by atoms with Gasteiger partial charge in [-0.05, 0) is 98.2 Å². The Morgan fingerprint density at radius 2 is 1.90 bits per heavy atom. The van der Waals surface area contributed by atoms with Crippen molar-refractivity contribution in [1.82, 2.24) is 0 Å². The van der Waals surface area contributed by atoms with Gasteiger partial charge in [-0.3, -0.25) is 9.59 Å². The molecule has 30 heavy (non-hydrogen) atoms. The maximum Gasteiger partial charge on any atom is 0.303 e. The predicted octanol–water partition coefficient (Wildman–Crippen LogP) is 5.32. The maximum atomic E-state index is 14.4. The van der Waals surface area contributed by atoms with Crippen LogP contribution in [0.3, 0.4) is 0 Å². The zero-order valence-electron chi connectivity index (χ0n) is 24.6. The Hall–Kier alpha value is -0.900. The Bertz CT molecular complexity index is 907. The van der Waals surface area contributed by atoms with Gasteiger partial charge >= 0.3 is 5.97 Å². The highest BCUT2D eigenvalue weighted by atomic mass is 16.4. The van der Waals surface area contributed by atoms with Crippen molar-refractivity contribution in [1.29, 1.82) is 0 Å². The summed E-state index contributed by atoms with van der Waals surface area (Å²) in [5.74, 6) is -5.09. The van der Waals surface area contributed by atoms with E-state index in [1.807, 2.05) is 6.92 Å². The van der Waals surface area contributed by atoms with Crippen LogP contribution in [0, 0.1) is 52.2 Å². The van der Waals surface area contributed by atoms with Gasteiger partial charge in [-0.1, -0.05) is 27.6 Å². The van der Waals surface area contributed by atoms with Crippen LogP contribution < -0.4 is 0 Å². The van der Waals surface area contributed by atoms with Gasteiger partial charge in [0.1, 0.15) is 5.78 Å². The van der Waals surface area contributed by atoms with E-state index in [2.05, 4.69) is 13.8 Å². The fourth-order valence-corrected chi connectivity index (χ4v) is 8.48. The van der Waals surface area contributed by atoms with Crippen LogP contribution in [0.4, 0.5) is 0 Å². The number of fused-ring (bicyclic) bond motifs is 5. The number of aliphatic hydroxyl groups excluding tert-OH is 1. The summed E-state index contributed by atoms with van der Waals surface area (Å²) in [7, 11) is 0. The zero-order valence-corrected chi connectivity index (χ0v) is 18.6. The number of aliphatic carboxylic acids is 1. The molecular weight excluding hydrogens is 376 g/mol. The first kappa shape index (κ1) is 15.8. The Kier molecular flexibility index (Phi) is 4.17. The number of rotatable bonds is 5. The van der Waals surface area contributed by atoms with Crippen molar-refractivity contribution in [3.05, 3.63) is 0 Å². The van der Waals surface area contributed by atoms with Gasteiger partial charge in [0.25, 0.3) is 0 Å². The molecule has 4 fully saturated rings. The summed E-state index contributed by atoms with van der Waals surface area (Å²) in [6.07, 6.45) is 1.21. The smallest absolute Gasteiger partial charge is 0.303 e. The molecular formula is C26H42O4. The molecule has 10 atom stereocenters. The van der Waals surface area contributed by atoms with Crippen LogP contribution in [0.15, 0.2) is 0 Å². The highest BCUT2D eigenvalue weighted by Crippen LogP contribution is 2.68. The van der Waals surface area contributed by atoms with Crippen LogP contribution in [0.2, 0.25) is 0 Å². The zero-order chi connectivity index (χ0) is 27.1. The van der Waals surface area contributed by atoms with Gasteiger partial charge in [0.2, 0.25) is 0 Å². The monoisotopic (exact) mass is 424 g/mol. The Labute approximate surface area is 190 Å². The largest absolute Gasteiger partial charge is 0.481 e. The van der Waals surface area contributed by atoms with E-state index in [0.717, 1.165) is 25.7 Å². The van der Waals surface area contributed by atoms with E-state index in [9.17, 15) is 21.2 Å². The summed E-state index contributed by atoms with van der Waals surface area (Å²) in [5, 5.41) is 19.7. The average molecular weight is 425 g/mol. The lowest BCUT2D eigenvalue weighted by Crippen LogP contribution is -2.60. The molecule has 0 radical (unpaired) electrons. The molecule has 1 unspecified atom stereocenters. The number of ketones is 1.